The van der Waals surface area contributed by atoms with Crippen LogP contribution in [0, 0.1) is 0 Å². The maximum atomic E-state index is 13.0. The molecule has 0 saturated heterocycles. The van der Waals surface area contributed by atoms with Crippen molar-refractivity contribution >= 4 is 22.3 Å². The summed E-state index contributed by atoms with van der Waals surface area (Å²) in [7, 11) is -10.0. The van der Waals surface area contributed by atoms with Gasteiger partial charge in [0.25, 0.3) is 0 Å². The van der Waals surface area contributed by atoms with Crippen LogP contribution in [0.5, 0.6) is 0 Å². The molecular weight excluding hydrogens is 349 g/mol. The predicted octanol–water partition coefficient (Wildman–Crippen LogP) is 4.82. The minimum atomic E-state index is -3.48. The lowest BCUT2D eigenvalue weighted by Crippen LogP contribution is -2.08. The summed E-state index contributed by atoms with van der Waals surface area (Å²) in [6, 6.07) is 0. The van der Waals surface area contributed by atoms with Crippen LogP contribution in [0.2, 0.25) is 0 Å². The Kier molecular flexibility index (Phi) is 10.7. The normalized spacial score (nSPS) is 13.5. The van der Waals surface area contributed by atoms with E-state index in [9.17, 15) is 13.7 Å². The summed E-state index contributed by atoms with van der Waals surface area (Å²) in [4.78, 5) is 0. The largest absolute Gasteiger partial charge is 0.337 e. The predicted molar refractivity (Wildman–Crippen MR) is 89.6 cm³/mol. The molecular formula is C12H29O7P3. The quantitative estimate of drug-likeness (QED) is 0.425. The Hall–Kier alpha value is 0.530. The first-order valence-corrected chi connectivity index (χ1v) is 13.3. The van der Waals surface area contributed by atoms with Crippen LogP contribution in [0.25, 0.3) is 0 Å². The third-order valence-corrected chi connectivity index (χ3v) is 13.4. The molecule has 0 N–H and O–H groups in total. The molecule has 0 aromatic heterocycles. The second-order valence-electron chi connectivity index (χ2n) is 4.55. The smallest absolute Gasteiger partial charge is 0.322 e. The molecule has 0 aliphatic heterocycles. The molecule has 0 bridgehead atoms. The summed E-state index contributed by atoms with van der Waals surface area (Å²) in [5, 5.41) is 0. The maximum absolute atomic E-state index is 13.0. The van der Waals surface area contributed by atoms with Crippen LogP contribution >= 0.6 is 22.3 Å². The molecule has 134 valence electrons. The molecule has 0 aromatic carbocycles. The van der Waals surface area contributed by atoms with E-state index in [-0.39, 0.29) is 44.4 Å². The van der Waals surface area contributed by atoms with Crippen LogP contribution in [0.4, 0.5) is 0 Å². The minimum absolute atomic E-state index is 0.190. The van der Waals surface area contributed by atoms with Gasteiger partial charge in [0.05, 0.1) is 26.4 Å². The van der Waals surface area contributed by atoms with Crippen molar-refractivity contribution in [1.82, 2.24) is 0 Å². The average Bonchev–Trinajstić information content (AvgIpc) is 2.38. The zero-order valence-corrected chi connectivity index (χ0v) is 16.8. The van der Waals surface area contributed by atoms with Gasteiger partial charge in [-0.2, -0.15) is 0 Å². The lowest BCUT2D eigenvalue weighted by atomic mass is 10.9. The molecule has 0 amide bonds. The van der Waals surface area contributed by atoms with Gasteiger partial charge in [-0.25, -0.2) is 0 Å². The fourth-order valence-corrected chi connectivity index (χ4v) is 12.7. The van der Waals surface area contributed by atoms with Crippen LogP contribution in [-0.4, -0.2) is 44.4 Å². The first kappa shape index (κ1) is 22.5. The van der Waals surface area contributed by atoms with E-state index in [0.717, 1.165) is 0 Å². The van der Waals surface area contributed by atoms with Crippen LogP contribution in [-0.2, 0) is 31.8 Å². The molecule has 0 fully saturated rings. The van der Waals surface area contributed by atoms with Crippen LogP contribution in [0.3, 0.4) is 0 Å². The van der Waals surface area contributed by atoms with Crippen molar-refractivity contribution in [3.8, 4) is 0 Å². The lowest BCUT2D eigenvalue weighted by Gasteiger charge is -2.26. The maximum Gasteiger partial charge on any atom is 0.337 e. The van der Waals surface area contributed by atoms with Crippen molar-refractivity contribution < 1.29 is 31.8 Å². The molecule has 0 rings (SSSR count). The van der Waals surface area contributed by atoms with Crippen molar-refractivity contribution in [3.05, 3.63) is 0 Å². The number of hydrogen-bond donors (Lipinski definition) is 0. The average molecular weight is 378 g/mol. The summed E-state index contributed by atoms with van der Waals surface area (Å²) >= 11 is 0. The van der Waals surface area contributed by atoms with Gasteiger partial charge in [-0.3, -0.25) is 9.13 Å². The Bertz CT molecular complexity index is 396. The van der Waals surface area contributed by atoms with E-state index in [0.29, 0.717) is 0 Å². The van der Waals surface area contributed by atoms with E-state index in [1.807, 2.05) is 0 Å². The van der Waals surface area contributed by atoms with Gasteiger partial charge in [0, 0.05) is 0 Å². The summed E-state index contributed by atoms with van der Waals surface area (Å²) < 4.78 is 59.0. The van der Waals surface area contributed by atoms with Gasteiger partial charge in [-0.15, -0.1) is 0 Å². The highest BCUT2D eigenvalue weighted by atomic mass is 31.3. The van der Waals surface area contributed by atoms with Gasteiger partial charge in [0.2, 0.25) is 0 Å². The molecule has 22 heavy (non-hydrogen) atoms. The van der Waals surface area contributed by atoms with E-state index < -0.39 is 22.3 Å². The molecule has 0 aliphatic rings. The third-order valence-electron chi connectivity index (χ3n) is 2.74. The summed E-state index contributed by atoms with van der Waals surface area (Å²) in [6.45, 7) is 9.21. The molecule has 0 atom stereocenters. The van der Waals surface area contributed by atoms with Crippen molar-refractivity contribution in [3.63, 3.8) is 0 Å². The first-order chi connectivity index (χ1) is 10.2. The highest BCUT2D eigenvalue weighted by molar-refractivity contribution is 7.83. The van der Waals surface area contributed by atoms with Gasteiger partial charge in [0.1, 0.15) is 18.9 Å². The molecule has 7 nitrogen and oxygen atoms in total. The van der Waals surface area contributed by atoms with Gasteiger partial charge >= 0.3 is 15.2 Å². The van der Waals surface area contributed by atoms with E-state index in [4.69, 9.17) is 18.1 Å². The topological polar surface area (TPSA) is 88.1 Å². The monoisotopic (exact) mass is 378 g/mol. The van der Waals surface area contributed by atoms with Crippen molar-refractivity contribution in [2.75, 3.05) is 44.4 Å². The molecule has 10 heteroatoms. The lowest BCUT2D eigenvalue weighted by molar-refractivity contribution is 0.223. The Morgan fingerprint density at radius 2 is 0.864 bits per heavy atom. The summed E-state index contributed by atoms with van der Waals surface area (Å²) in [5.74, 6) is -0.495. The van der Waals surface area contributed by atoms with Crippen LogP contribution in [0.1, 0.15) is 34.6 Å². The van der Waals surface area contributed by atoms with Crippen molar-refractivity contribution in [2.45, 2.75) is 34.6 Å². The fourth-order valence-electron chi connectivity index (χ4n) is 1.90. The molecule has 0 radical (unpaired) electrons. The van der Waals surface area contributed by atoms with Crippen LogP contribution < -0.4 is 0 Å². The zero-order chi connectivity index (χ0) is 17.3. The molecule has 0 aromatic rings. The van der Waals surface area contributed by atoms with Crippen LogP contribution in [0.15, 0.2) is 0 Å². The van der Waals surface area contributed by atoms with E-state index in [1.54, 1.807) is 34.6 Å². The Morgan fingerprint density at radius 3 is 1.05 bits per heavy atom. The number of rotatable bonds is 13. The zero-order valence-electron chi connectivity index (χ0n) is 14.1. The van der Waals surface area contributed by atoms with E-state index >= 15 is 0 Å². The minimum Gasteiger partial charge on any atom is -0.322 e. The Labute approximate surface area is 133 Å². The standard InChI is InChI=1S/C12H29O7P3/c1-6-16-21(14,17-7-2)11-20(13,10-5)12-22(15,18-8-3)19-9-4/h6-12H2,1-5H3. The van der Waals surface area contributed by atoms with Gasteiger partial charge in [-0.1, -0.05) is 6.92 Å². The summed E-state index contributed by atoms with van der Waals surface area (Å²) in [5.41, 5.74) is 0. The van der Waals surface area contributed by atoms with Gasteiger partial charge in [0.15, 0.2) is 0 Å². The van der Waals surface area contributed by atoms with Gasteiger partial charge in [-0.05, 0) is 33.9 Å². The van der Waals surface area contributed by atoms with Crippen molar-refractivity contribution in [1.29, 1.82) is 0 Å². The van der Waals surface area contributed by atoms with E-state index in [2.05, 4.69) is 0 Å². The highest BCUT2D eigenvalue weighted by Crippen LogP contribution is 2.69. The van der Waals surface area contributed by atoms with E-state index in [1.165, 1.54) is 0 Å². The molecule has 0 saturated carbocycles. The molecule has 0 unspecified atom stereocenters. The number of hydrogen-bond acceptors (Lipinski definition) is 7. The van der Waals surface area contributed by atoms with Gasteiger partial charge < -0.3 is 22.7 Å². The first-order valence-electron chi connectivity index (χ1n) is 7.55. The third kappa shape index (κ3) is 7.88. The second kappa shape index (κ2) is 10.4. The molecule has 0 heterocycles. The Morgan fingerprint density at radius 1 is 0.591 bits per heavy atom. The SMILES string of the molecule is CCOP(=O)(CP(=O)(CC)CP(=O)(OCC)OCC)OCC. The summed E-state index contributed by atoms with van der Waals surface area (Å²) in [6.07, 6.45) is 0.223. The second-order valence-corrected chi connectivity index (χ2v) is 13.0. The van der Waals surface area contributed by atoms with Crippen molar-refractivity contribution in [2.24, 2.45) is 0 Å². The highest BCUT2D eigenvalue weighted by Gasteiger charge is 2.41. The Balaban J connectivity index is 5.28. The fraction of sp³-hybridized carbons (Fsp3) is 1.00. The molecule has 0 aliphatic carbocycles. The molecule has 0 spiro atoms.